The average molecular weight is 377 g/mol. The Balaban J connectivity index is 1.84. The largest absolute Gasteiger partial charge is 0.497 e. The van der Waals surface area contributed by atoms with Gasteiger partial charge in [-0.15, -0.1) is 0 Å². The number of hydrogen-bond donors (Lipinski definition) is 2. The number of nitrogens with zero attached hydrogens (tertiary/aromatic N) is 1. The summed E-state index contributed by atoms with van der Waals surface area (Å²) in [4.78, 5) is 16.9. The molecule has 2 N–H and O–H groups in total. The quantitative estimate of drug-likeness (QED) is 0.651. The van der Waals surface area contributed by atoms with E-state index in [1.807, 2.05) is 50.2 Å². The lowest BCUT2D eigenvalue weighted by Crippen LogP contribution is -2.15. The Morgan fingerprint density at radius 3 is 2.39 bits per heavy atom. The van der Waals surface area contributed by atoms with E-state index in [0.717, 1.165) is 22.5 Å². The van der Waals surface area contributed by atoms with Crippen LogP contribution in [-0.2, 0) is 0 Å². The van der Waals surface area contributed by atoms with Gasteiger partial charge in [-0.3, -0.25) is 9.78 Å². The summed E-state index contributed by atoms with van der Waals surface area (Å²) in [5, 5.41) is 6.21. The third-order valence-electron chi connectivity index (χ3n) is 4.40. The Morgan fingerprint density at radius 2 is 1.71 bits per heavy atom. The molecule has 0 saturated carbocycles. The molecule has 0 aliphatic carbocycles. The normalized spacial score (nSPS) is 10.3. The number of carbonyl (C=O) groups excluding carboxylic acids is 1. The van der Waals surface area contributed by atoms with Crippen LogP contribution in [0.15, 0.2) is 54.7 Å². The van der Waals surface area contributed by atoms with Crippen LogP contribution < -0.4 is 20.1 Å². The minimum absolute atomic E-state index is 0.265. The summed E-state index contributed by atoms with van der Waals surface area (Å²) >= 11 is 0. The van der Waals surface area contributed by atoms with E-state index in [2.05, 4.69) is 15.6 Å². The van der Waals surface area contributed by atoms with Crippen molar-refractivity contribution in [3.05, 3.63) is 71.5 Å². The standard InChI is InChI=1S/C22H23N3O3/c1-14-6-5-7-15(2)21(14)25-22(26)19-12-16(10-11-23-19)24-18-13-17(27-3)8-9-20(18)28-4/h5-13H,1-4H3,(H,23,24)(H,25,26). The number of nitrogens with one attached hydrogen (secondary N) is 2. The first kappa shape index (κ1) is 19.2. The fraction of sp³-hybridized carbons (Fsp3) is 0.182. The van der Waals surface area contributed by atoms with Crippen molar-refractivity contribution in [3.63, 3.8) is 0 Å². The van der Waals surface area contributed by atoms with Crippen molar-refractivity contribution in [3.8, 4) is 11.5 Å². The van der Waals surface area contributed by atoms with Gasteiger partial charge in [-0.25, -0.2) is 0 Å². The topological polar surface area (TPSA) is 72.5 Å². The van der Waals surface area contributed by atoms with Crippen molar-refractivity contribution in [1.82, 2.24) is 4.98 Å². The Morgan fingerprint density at radius 1 is 0.964 bits per heavy atom. The van der Waals surface area contributed by atoms with Crippen molar-refractivity contribution in [2.24, 2.45) is 0 Å². The minimum atomic E-state index is -0.265. The number of methoxy groups -OCH3 is 2. The highest BCUT2D eigenvalue weighted by atomic mass is 16.5. The number of benzene rings is 2. The maximum Gasteiger partial charge on any atom is 0.274 e. The number of hydrogen-bond acceptors (Lipinski definition) is 5. The van der Waals surface area contributed by atoms with Crippen LogP contribution in [0.25, 0.3) is 0 Å². The Hall–Kier alpha value is -3.54. The molecule has 28 heavy (non-hydrogen) atoms. The molecule has 6 nitrogen and oxygen atoms in total. The second-order valence-corrected chi connectivity index (χ2v) is 6.34. The molecule has 3 rings (SSSR count). The van der Waals surface area contributed by atoms with Gasteiger partial charge in [-0.2, -0.15) is 0 Å². The number of para-hydroxylation sites is 1. The number of ether oxygens (including phenoxy) is 2. The van der Waals surface area contributed by atoms with Gasteiger partial charge < -0.3 is 20.1 Å². The molecule has 1 heterocycles. The smallest absolute Gasteiger partial charge is 0.274 e. The molecule has 0 saturated heterocycles. The number of carbonyl (C=O) groups is 1. The van der Waals surface area contributed by atoms with Crippen LogP contribution in [0.1, 0.15) is 21.6 Å². The lowest BCUT2D eigenvalue weighted by atomic mass is 10.1. The molecular formula is C22H23N3O3. The lowest BCUT2D eigenvalue weighted by molar-refractivity contribution is 0.102. The zero-order chi connectivity index (χ0) is 20.1. The van der Waals surface area contributed by atoms with Crippen LogP contribution in [-0.4, -0.2) is 25.1 Å². The van der Waals surface area contributed by atoms with Gasteiger partial charge in [0, 0.05) is 23.6 Å². The Bertz CT molecular complexity index is 982. The third kappa shape index (κ3) is 4.23. The Labute approximate surface area is 164 Å². The van der Waals surface area contributed by atoms with Gasteiger partial charge in [0.2, 0.25) is 0 Å². The zero-order valence-corrected chi connectivity index (χ0v) is 16.4. The van der Waals surface area contributed by atoms with Crippen LogP contribution >= 0.6 is 0 Å². The van der Waals surface area contributed by atoms with Crippen LogP contribution in [0.4, 0.5) is 17.1 Å². The lowest BCUT2D eigenvalue weighted by Gasteiger charge is -2.14. The van der Waals surface area contributed by atoms with Gasteiger partial charge >= 0.3 is 0 Å². The van der Waals surface area contributed by atoms with E-state index in [9.17, 15) is 4.79 Å². The van der Waals surface area contributed by atoms with Crippen molar-refractivity contribution >= 4 is 23.0 Å². The van der Waals surface area contributed by atoms with Crippen molar-refractivity contribution in [2.75, 3.05) is 24.9 Å². The van der Waals surface area contributed by atoms with E-state index < -0.39 is 0 Å². The van der Waals surface area contributed by atoms with E-state index in [4.69, 9.17) is 9.47 Å². The molecule has 0 radical (unpaired) electrons. The molecular weight excluding hydrogens is 354 g/mol. The summed E-state index contributed by atoms with van der Waals surface area (Å²) in [5.41, 5.74) is 4.58. The van der Waals surface area contributed by atoms with Crippen molar-refractivity contribution in [1.29, 1.82) is 0 Å². The van der Waals surface area contributed by atoms with E-state index in [1.54, 1.807) is 32.5 Å². The second-order valence-electron chi connectivity index (χ2n) is 6.34. The first-order valence-corrected chi connectivity index (χ1v) is 8.84. The number of aryl methyl sites for hydroxylation is 2. The van der Waals surface area contributed by atoms with Gasteiger partial charge in [0.1, 0.15) is 17.2 Å². The van der Waals surface area contributed by atoms with E-state index in [-0.39, 0.29) is 5.91 Å². The fourth-order valence-corrected chi connectivity index (χ4v) is 2.89. The number of pyridine rings is 1. The minimum Gasteiger partial charge on any atom is -0.497 e. The van der Waals surface area contributed by atoms with E-state index >= 15 is 0 Å². The fourth-order valence-electron chi connectivity index (χ4n) is 2.89. The van der Waals surface area contributed by atoms with Crippen LogP contribution in [0.5, 0.6) is 11.5 Å². The number of amides is 1. The molecule has 1 aromatic heterocycles. The molecule has 0 spiro atoms. The molecule has 6 heteroatoms. The van der Waals surface area contributed by atoms with Gasteiger partial charge in [0.05, 0.1) is 19.9 Å². The van der Waals surface area contributed by atoms with Crippen molar-refractivity contribution < 1.29 is 14.3 Å². The predicted molar refractivity (Wildman–Crippen MR) is 111 cm³/mol. The first-order valence-electron chi connectivity index (χ1n) is 8.84. The Kier molecular flexibility index (Phi) is 5.79. The van der Waals surface area contributed by atoms with E-state index in [1.165, 1.54) is 0 Å². The summed E-state index contributed by atoms with van der Waals surface area (Å²) in [6.07, 6.45) is 1.59. The maximum absolute atomic E-state index is 12.7. The number of aromatic nitrogens is 1. The molecule has 0 aliphatic heterocycles. The highest BCUT2D eigenvalue weighted by Crippen LogP contribution is 2.31. The molecule has 1 amide bonds. The van der Waals surface area contributed by atoms with Gasteiger partial charge in [-0.1, -0.05) is 18.2 Å². The number of rotatable bonds is 6. The molecule has 3 aromatic rings. The van der Waals surface area contributed by atoms with Gasteiger partial charge in [0.25, 0.3) is 5.91 Å². The summed E-state index contributed by atoms with van der Waals surface area (Å²) in [7, 11) is 3.21. The molecule has 0 aliphatic rings. The predicted octanol–water partition coefficient (Wildman–Crippen LogP) is 4.71. The molecule has 2 aromatic carbocycles. The maximum atomic E-state index is 12.7. The molecule has 0 bridgehead atoms. The van der Waals surface area contributed by atoms with Crippen LogP contribution in [0, 0.1) is 13.8 Å². The third-order valence-corrected chi connectivity index (χ3v) is 4.40. The summed E-state index contributed by atoms with van der Waals surface area (Å²) in [6, 6.07) is 14.8. The highest BCUT2D eigenvalue weighted by Gasteiger charge is 2.12. The average Bonchev–Trinajstić information content (AvgIpc) is 2.71. The first-order chi connectivity index (χ1) is 13.5. The highest BCUT2D eigenvalue weighted by molar-refractivity contribution is 6.04. The SMILES string of the molecule is COc1ccc(OC)c(Nc2ccnc(C(=O)Nc3c(C)cccc3C)c2)c1. The monoisotopic (exact) mass is 377 g/mol. The summed E-state index contributed by atoms with van der Waals surface area (Å²) < 4.78 is 10.7. The van der Waals surface area contributed by atoms with Crippen LogP contribution in [0.3, 0.4) is 0 Å². The van der Waals surface area contributed by atoms with Gasteiger partial charge in [0.15, 0.2) is 0 Å². The summed E-state index contributed by atoms with van der Waals surface area (Å²) in [6.45, 7) is 3.92. The number of anilines is 3. The molecule has 0 unspecified atom stereocenters. The van der Waals surface area contributed by atoms with Crippen molar-refractivity contribution in [2.45, 2.75) is 13.8 Å². The second kappa shape index (κ2) is 8.43. The molecule has 0 fully saturated rings. The molecule has 144 valence electrons. The van der Waals surface area contributed by atoms with E-state index in [0.29, 0.717) is 22.9 Å². The zero-order valence-electron chi connectivity index (χ0n) is 16.4. The summed E-state index contributed by atoms with van der Waals surface area (Å²) in [5.74, 6) is 1.10. The van der Waals surface area contributed by atoms with Gasteiger partial charge in [-0.05, 0) is 49.2 Å². The molecule has 0 atom stereocenters. The van der Waals surface area contributed by atoms with Crippen LogP contribution in [0.2, 0.25) is 0 Å².